The zero-order valence-corrected chi connectivity index (χ0v) is 10.3. The number of nitrogens with zero attached hydrogens (tertiary/aromatic N) is 1. The number of rotatable bonds is 5. The van der Waals surface area contributed by atoms with Gasteiger partial charge in [0.15, 0.2) is 0 Å². The van der Waals surface area contributed by atoms with Crippen molar-refractivity contribution in [1.82, 2.24) is 0 Å². The fraction of sp³-hybridized carbons (Fsp3) is 0.462. The lowest BCUT2D eigenvalue weighted by molar-refractivity contribution is -0.121. The van der Waals surface area contributed by atoms with Gasteiger partial charge in [0.2, 0.25) is 5.91 Å². The number of halogens is 1. The molecule has 0 aliphatic carbocycles. The van der Waals surface area contributed by atoms with Gasteiger partial charge in [-0.25, -0.2) is 4.39 Å². The van der Waals surface area contributed by atoms with Crippen LogP contribution in [0.15, 0.2) is 24.3 Å². The van der Waals surface area contributed by atoms with Crippen LogP contribution < -0.4 is 10.6 Å². The fourth-order valence-electron chi connectivity index (χ4n) is 1.69. The molecule has 0 aliphatic rings. The molecule has 0 heterocycles. The Morgan fingerprint density at radius 3 is 2.82 bits per heavy atom. The highest BCUT2D eigenvalue weighted by Crippen LogP contribution is 2.17. The zero-order chi connectivity index (χ0) is 12.8. The Hall–Kier alpha value is -1.42. The molecule has 2 N–H and O–H groups in total. The smallest absolute Gasteiger partial charge is 0.229 e. The van der Waals surface area contributed by atoms with Crippen molar-refractivity contribution < 1.29 is 9.18 Å². The molecule has 1 unspecified atom stereocenters. The first-order valence-corrected chi connectivity index (χ1v) is 5.79. The Bertz CT molecular complexity index is 381. The molecule has 0 fully saturated rings. The van der Waals surface area contributed by atoms with Gasteiger partial charge in [-0.05, 0) is 37.6 Å². The SMILES string of the molecule is CC(CCCN)C(=O)N(C)c1cccc(F)c1. The van der Waals surface area contributed by atoms with Gasteiger partial charge in [0.05, 0.1) is 0 Å². The van der Waals surface area contributed by atoms with E-state index in [1.54, 1.807) is 19.2 Å². The molecular weight excluding hydrogens is 219 g/mol. The lowest BCUT2D eigenvalue weighted by atomic mass is 10.0. The van der Waals surface area contributed by atoms with Gasteiger partial charge in [-0.2, -0.15) is 0 Å². The van der Waals surface area contributed by atoms with Crippen LogP contribution in [0.25, 0.3) is 0 Å². The van der Waals surface area contributed by atoms with Crippen molar-refractivity contribution in [3.63, 3.8) is 0 Å². The van der Waals surface area contributed by atoms with Crippen molar-refractivity contribution in [3.8, 4) is 0 Å². The largest absolute Gasteiger partial charge is 0.330 e. The summed E-state index contributed by atoms with van der Waals surface area (Å²) in [6.07, 6.45) is 1.58. The maximum Gasteiger partial charge on any atom is 0.229 e. The highest BCUT2D eigenvalue weighted by atomic mass is 19.1. The van der Waals surface area contributed by atoms with Gasteiger partial charge >= 0.3 is 0 Å². The monoisotopic (exact) mass is 238 g/mol. The molecular formula is C13H19FN2O. The highest BCUT2D eigenvalue weighted by molar-refractivity contribution is 5.94. The zero-order valence-electron chi connectivity index (χ0n) is 10.3. The summed E-state index contributed by atoms with van der Waals surface area (Å²) in [5.41, 5.74) is 5.99. The predicted octanol–water partition coefficient (Wildman–Crippen LogP) is 2.16. The Labute approximate surface area is 101 Å². The van der Waals surface area contributed by atoms with Gasteiger partial charge in [-0.15, -0.1) is 0 Å². The van der Waals surface area contributed by atoms with E-state index in [1.165, 1.54) is 17.0 Å². The molecule has 0 bridgehead atoms. The molecule has 17 heavy (non-hydrogen) atoms. The third-order valence-electron chi connectivity index (χ3n) is 2.79. The molecule has 0 aliphatic heterocycles. The molecule has 0 aromatic heterocycles. The average molecular weight is 238 g/mol. The van der Waals surface area contributed by atoms with Crippen molar-refractivity contribution in [1.29, 1.82) is 0 Å². The number of anilines is 1. The number of nitrogens with two attached hydrogens (primary N) is 1. The fourth-order valence-corrected chi connectivity index (χ4v) is 1.69. The summed E-state index contributed by atoms with van der Waals surface area (Å²) in [4.78, 5) is 13.5. The lowest BCUT2D eigenvalue weighted by Gasteiger charge is -2.21. The highest BCUT2D eigenvalue weighted by Gasteiger charge is 2.18. The number of hydrogen-bond donors (Lipinski definition) is 1. The second-order valence-corrected chi connectivity index (χ2v) is 4.21. The molecule has 0 radical (unpaired) electrons. The van der Waals surface area contributed by atoms with Crippen molar-refractivity contribution in [2.24, 2.45) is 11.7 Å². The number of carbonyl (C=O) groups excluding carboxylic acids is 1. The molecule has 3 nitrogen and oxygen atoms in total. The van der Waals surface area contributed by atoms with Crippen LogP contribution in [-0.4, -0.2) is 19.5 Å². The third kappa shape index (κ3) is 3.82. The van der Waals surface area contributed by atoms with Crippen LogP contribution in [0.3, 0.4) is 0 Å². The molecule has 1 amide bonds. The molecule has 94 valence electrons. The second kappa shape index (κ2) is 6.35. The van der Waals surface area contributed by atoms with Gasteiger partial charge in [0.25, 0.3) is 0 Å². The lowest BCUT2D eigenvalue weighted by Crippen LogP contribution is -2.31. The molecule has 0 saturated carbocycles. The van der Waals surface area contributed by atoms with Crippen LogP contribution in [0.5, 0.6) is 0 Å². The maximum absolute atomic E-state index is 13.0. The van der Waals surface area contributed by atoms with Gasteiger partial charge < -0.3 is 10.6 Å². The Balaban J connectivity index is 2.69. The minimum atomic E-state index is -0.336. The molecule has 1 rings (SSSR count). The molecule has 0 spiro atoms. The minimum absolute atomic E-state index is 0.0101. The van der Waals surface area contributed by atoms with E-state index in [0.717, 1.165) is 12.8 Å². The van der Waals surface area contributed by atoms with Crippen molar-refractivity contribution in [3.05, 3.63) is 30.1 Å². The first-order chi connectivity index (χ1) is 8.06. The van der Waals surface area contributed by atoms with Gasteiger partial charge in [0, 0.05) is 18.7 Å². The van der Waals surface area contributed by atoms with E-state index in [9.17, 15) is 9.18 Å². The summed E-state index contributed by atoms with van der Waals surface area (Å²) in [7, 11) is 1.66. The quantitative estimate of drug-likeness (QED) is 0.854. The number of carbonyl (C=O) groups is 1. The van der Waals surface area contributed by atoms with Crippen LogP contribution >= 0.6 is 0 Å². The minimum Gasteiger partial charge on any atom is -0.330 e. The van der Waals surface area contributed by atoms with Gasteiger partial charge in [-0.3, -0.25) is 4.79 Å². The molecule has 1 aromatic carbocycles. The Kier molecular flexibility index (Phi) is 5.10. The first kappa shape index (κ1) is 13.6. The summed E-state index contributed by atoms with van der Waals surface area (Å²) in [5, 5.41) is 0. The summed E-state index contributed by atoms with van der Waals surface area (Å²) in [6.45, 7) is 2.45. The van der Waals surface area contributed by atoms with E-state index in [4.69, 9.17) is 5.73 Å². The molecule has 1 atom stereocenters. The predicted molar refractivity (Wildman–Crippen MR) is 67.3 cm³/mol. The van der Waals surface area contributed by atoms with E-state index in [1.807, 2.05) is 6.92 Å². The van der Waals surface area contributed by atoms with Gasteiger partial charge in [0.1, 0.15) is 5.82 Å². The average Bonchev–Trinajstić information content (AvgIpc) is 2.34. The Morgan fingerprint density at radius 2 is 2.24 bits per heavy atom. The molecule has 4 heteroatoms. The van der Waals surface area contributed by atoms with E-state index < -0.39 is 0 Å². The molecule has 1 aromatic rings. The summed E-state index contributed by atoms with van der Waals surface area (Å²) in [6, 6.07) is 6.03. The van der Waals surface area contributed by atoms with Crippen LogP contribution in [0.2, 0.25) is 0 Å². The van der Waals surface area contributed by atoms with Gasteiger partial charge in [-0.1, -0.05) is 13.0 Å². The summed E-state index contributed by atoms with van der Waals surface area (Å²) < 4.78 is 13.0. The summed E-state index contributed by atoms with van der Waals surface area (Å²) >= 11 is 0. The van der Waals surface area contributed by atoms with E-state index in [-0.39, 0.29) is 17.6 Å². The van der Waals surface area contributed by atoms with Crippen LogP contribution in [0, 0.1) is 11.7 Å². The van der Waals surface area contributed by atoms with Crippen molar-refractivity contribution >= 4 is 11.6 Å². The normalized spacial score (nSPS) is 12.2. The van der Waals surface area contributed by atoms with E-state index in [0.29, 0.717) is 12.2 Å². The van der Waals surface area contributed by atoms with Crippen LogP contribution in [0.4, 0.5) is 10.1 Å². The third-order valence-corrected chi connectivity index (χ3v) is 2.79. The number of benzene rings is 1. The van der Waals surface area contributed by atoms with E-state index in [2.05, 4.69) is 0 Å². The van der Waals surface area contributed by atoms with Crippen LogP contribution in [0.1, 0.15) is 19.8 Å². The molecule has 0 saturated heterocycles. The maximum atomic E-state index is 13.0. The van der Waals surface area contributed by atoms with Crippen molar-refractivity contribution in [2.45, 2.75) is 19.8 Å². The first-order valence-electron chi connectivity index (χ1n) is 5.79. The van der Waals surface area contributed by atoms with E-state index >= 15 is 0 Å². The van der Waals surface area contributed by atoms with Crippen LogP contribution in [-0.2, 0) is 4.79 Å². The van der Waals surface area contributed by atoms with Crippen molar-refractivity contribution in [2.75, 3.05) is 18.5 Å². The standard InChI is InChI=1S/C13H19FN2O/c1-10(5-4-8-15)13(17)16(2)12-7-3-6-11(14)9-12/h3,6-7,9-10H,4-5,8,15H2,1-2H3. The second-order valence-electron chi connectivity index (χ2n) is 4.21. The summed E-state index contributed by atoms with van der Waals surface area (Å²) in [5.74, 6) is -0.437. The number of hydrogen-bond acceptors (Lipinski definition) is 2. The Morgan fingerprint density at radius 1 is 1.53 bits per heavy atom. The number of amides is 1. The topological polar surface area (TPSA) is 46.3 Å².